The highest BCUT2D eigenvalue weighted by atomic mass is 19.1. The van der Waals surface area contributed by atoms with Gasteiger partial charge in [0.15, 0.2) is 5.96 Å². The Morgan fingerprint density at radius 3 is 2.50 bits per heavy atom. The van der Waals surface area contributed by atoms with Crippen molar-refractivity contribution in [2.75, 3.05) is 20.1 Å². The summed E-state index contributed by atoms with van der Waals surface area (Å²) in [5, 5.41) is 6.32. The second kappa shape index (κ2) is 9.35. The molecule has 5 nitrogen and oxygen atoms in total. The van der Waals surface area contributed by atoms with Crippen molar-refractivity contribution in [3.63, 3.8) is 0 Å². The third kappa shape index (κ3) is 5.97. The molecule has 0 atom stereocenters. The minimum absolute atomic E-state index is 0.309. The zero-order chi connectivity index (χ0) is 16.5. The second-order valence-electron chi connectivity index (χ2n) is 5.71. The molecule has 124 valence electrons. The number of pyridine rings is 1. The number of hydrogen-bond acceptors (Lipinski definition) is 3. The fourth-order valence-electron chi connectivity index (χ4n) is 2.35. The molecular formula is C16H28FN5. The van der Waals surface area contributed by atoms with E-state index in [2.05, 4.69) is 53.2 Å². The van der Waals surface area contributed by atoms with Gasteiger partial charge in [-0.3, -0.25) is 14.9 Å². The van der Waals surface area contributed by atoms with Crippen LogP contribution in [0.15, 0.2) is 23.3 Å². The van der Waals surface area contributed by atoms with Gasteiger partial charge in [0.05, 0.1) is 12.2 Å². The number of aromatic nitrogens is 1. The lowest BCUT2D eigenvalue weighted by Gasteiger charge is -2.30. The van der Waals surface area contributed by atoms with Crippen LogP contribution in [0.5, 0.6) is 0 Å². The Morgan fingerprint density at radius 2 is 1.95 bits per heavy atom. The summed E-state index contributed by atoms with van der Waals surface area (Å²) in [4.78, 5) is 10.6. The van der Waals surface area contributed by atoms with E-state index < -0.39 is 0 Å². The molecule has 0 aliphatic carbocycles. The molecule has 0 spiro atoms. The van der Waals surface area contributed by atoms with Crippen molar-refractivity contribution in [2.45, 2.75) is 46.3 Å². The summed E-state index contributed by atoms with van der Waals surface area (Å²) in [6, 6.07) is 3.99. The number of rotatable bonds is 7. The summed E-state index contributed by atoms with van der Waals surface area (Å²) in [6.45, 7) is 10.8. The Balaban J connectivity index is 2.42. The minimum Gasteiger partial charge on any atom is -0.355 e. The zero-order valence-electron chi connectivity index (χ0n) is 14.2. The van der Waals surface area contributed by atoms with Crippen LogP contribution in [0.1, 0.15) is 33.4 Å². The molecule has 0 unspecified atom stereocenters. The molecule has 0 aliphatic heterocycles. The summed E-state index contributed by atoms with van der Waals surface area (Å²) in [5.74, 6) is 0.341. The smallest absolute Gasteiger partial charge is 0.191 e. The summed E-state index contributed by atoms with van der Waals surface area (Å²) >= 11 is 0. The second-order valence-corrected chi connectivity index (χ2v) is 5.71. The predicted molar refractivity (Wildman–Crippen MR) is 89.4 cm³/mol. The maximum Gasteiger partial charge on any atom is 0.191 e. The van der Waals surface area contributed by atoms with Crippen molar-refractivity contribution in [2.24, 2.45) is 4.99 Å². The molecule has 1 aromatic rings. The molecule has 0 fully saturated rings. The molecule has 1 rings (SSSR count). The van der Waals surface area contributed by atoms with Crippen molar-refractivity contribution < 1.29 is 4.39 Å². The van der Waals surface area contributed by atoms with E-state index in [1.54, 1.807) is 19.3 Å². The van der Waals surface area contributed by atoms with Crippen LogP contribution >= 0.6 is 0 Å². The van der Waals surface area contributed by atoms with Crippen LogP contribution in [0.3, 0.4) is 0 Å². The molecular weight excluding hydrogens is 281 g/mol. The van der Waals surface area contributed by atoms with Crippen LogP contribution in [0, 0.1) is 5.82 Å². The van der Waals surface area contributed by atoms with Crippen LogP contribution in [-0.2, 0) is 6.54 Å². The molecule has 0 bridgehead atoms. The lowest BCUT2D eigenvalue weighted by Crippen LogP contribution is -2.45. The molecule has 1 aromatic heterocycles. The van der Waals surface area contributed by atoms with Gasteiger partial charge in [-0.15, -0.1) is 0 Å². The first kappa shape index (κ1) is 18.4. The highest BCUT2D eigenvalue weighted by Crippen LogP contribution is 2.03. The van der Waals surface area contributed by atoms with Gasteiger partial charge in [0.2, 0.25) is 0 Å². The van der Waals surface area contributed by atoms with Gasteiger partial charge in [-0.2, -0.15) is 0 Å². The van der Waals surface area contributed by atoms with E-state index in [1.807, 2.05) is 0 Å². The predicted octanol–water partition coefficient (Wildman–Crippen LogP) is 2.00. The van der Waals surface area contributed by atoms with Gasteiger partial charge < -0.3 is 10.6 Å². The lowest BCUT2D eigenvalue weighted by molar-refractivity contribution is 0.178. The SMILES string of the molecule is CN=C(NCCN(C(C)C)C(C)C)NCc1ncccc1F. The largest absolute Gasteiger partial charge is 0.355 e. The van der Waals surface area contributed by atoms with E-state index >= 15 is 0 Å². The van der Waals surface area contributed by atoms with E-state index in [0.29, 0.717) is 30.3 Å². The van der Waals surface area contributed by atoms with Crippen LogP contribution < -0.4 is 10.6 Å². The average molecular weight is 309 g/mol. The molecule has 22 heavy (non-hydrogen) atoms. The number of hydrogen-bond donors (Lipinski definition) is 2. The average Bonchev–Trinajstić information content (AvgIpc) is 2.47. The molecule has 1 heterocycles. The summed E-state index contributed by atoms with van der Waals surface area (Å²) < 4.78 is 13.5. The summed E-state index contributed by atoms with van der Waals surface area (Å²) in [6.07, 6.45) is 1.58. The van der Waals surface area contributed by atoms with Gasteiger partial charge in [-0.25, -0.2) is 4.39 Å². The van der Waals surface area contributed by atoms with Crippen molar-refractivity contribution in [1.29, 1.82) is 0 Å². The molecule has 0 amide bonds. The van der Waals surface area contributed by atoms with Gasteiger partial charge in [0, 0.05) is 38.4 Å². The fraction of sp³-hybridized carbons (Fsp3) is 0.625. The quantitative estimate of drug-likeness (QED) is 0.597. The Labute approximate surface area is 133 Å². The van der Waals surface area contributed by atoms with E-state index in [4.69, 9.17) is 0 Å². The van der Waals surface area contributed by atoms with E-state index in [-0.39, 0.29) is 5.82 Å². The molecule has 6 heteroatoms. The monoisotopic (exact) mass is 309 g/mol. The van der Waals surface area contributed by atoms with Crippen LogP contribution in [0.2, 0.25) is 0 Å². The van der Waals surface area contributed by atoms with Gasteiger partial charge in [-0.1, -0.05) is 0 Å². The van der Waals surface area contributed by atoms with Crippen LogP contribution in [0.25, 0.3) is 0 Å². The maximum atomic E-state index is 13.5. The van der Waals surface area contributed by atoms with Crippen LogP contribution in [-0.4, -0.2) is 48.1 Å². The number of halogens is 1. The molecule has 0 aliphatic rings. The third-order valence-corrected chi connectivity index (χ3v) is 3.47. The standard InChI is InChI=1S/C16H28FN5/c1-12(2)22(13(3)4)10-9-20-16(18-5)21-11-15-14(17)7-6-8-19-15/h6-8,12-13H,9-11H2,1-5H3,(H2,18,20,21). The van der Waals surface area contributed by atoms with Gasteiger partial charge in [0.25, 0.3) is 0 Å². The number of aliphatic imine (C=N–C) groups is 1. The highest BCUT2D eigenvalue weighted by molar-refractivity contribution is 5.79. The van der Waals surface area contributed by atoms with E-state index in [9.17, 15) is 4.39 Å². The Bertz CT molecular complexity index is 465. The number of nitrogens with one attached hydrogen (secondary N) is 2. The van der Waals surface area contributed by atoms with E-state index in [0.717, 1.165) is 13.1 Å². The summed E-state index contributed by atoms with van der Waals surface area (Å²) in [5.41, 5.74) is 0.386. The molecule has 0 radical (unpaired) electrons. The number of nitrogens with zero attached hydrogens (tertiary/aromatic N) is 3. The Kier molecular flexibility index (Phi) is 7.80. The van der Waals surface area contributed by atoms with Crippen molar-refractivity contribution in [3.8, 4) is 0 Å². The van der Waals surface area contributed by atoms with Gasteiger partial charge in [0.1, 0.15) is 5.82 Å². The Hall–Kier alpha value is -1.69. The zero-order valence-corrected chi connectivity index (χ0v) is 14.2. The first-order valence-corrected chi connectivity index (χ1v) is 7.75. The molecule has 0 aromatic carbocycles. The molecule has 0 saturated heterocycles. The first-order chi connectivity index (χ1) is 10.5. The maximum absolute atomic E-state index is 13.5. The fourth-order valence-corrected chi connectivity index (χ4v) is 2.35. The first-order valence-electron chi connectivity index (χ1n) is 7.75. The summed E-state index contributed by atoms with van der Waals surface area (Å²) in [7, 11) is 1.70. The van der Waals surface area contributed by atoms with Crippen LogP contribution in [0.4, 0.5) is 4.39 Å². The lowest BCUT2D eigenvalue weighted by atomic mass is 10.2. The van der Waals surface area contributed by atoms with Crippen molar-refractivity contribution in [1.82, 2.24) is 20.5 Å². The van der Waals surface area contributed by atoms with Crippen molar-refractivity contribution >= 4 is 5.96 Å². The number of guanidine groups is 1. The van der Waals surface area contributed by atoms with Gasteiger partial charge >= 0.3 is 0 Å². The normalized spacial score (nSPS) is 12.3. The molecule has 0 saturated carbocycles. The van der Waals surface area contributed by atoms with E-state index in [1.165, 1.54) is 6.07 Å². The van der Waals surface area contributed by atoms with Gasteiger partial charge in [-0.05, 0) is 39.8 Å². The molecule has 2 N–H and O–H groups in total. The highest BCUT2D eigenvalue weighted by Gasteiger charge is 2.12. The minimum atomic E-state index is -0.309. The Morgan fingerprint density at radius 1 is 1.27 bits per heavy atom. The topological polar surface area (TPSA) is 52.6 Å². The van der Waals surface area contributed by atoms with Crippen molar-refractivity contribution in [3.05, 3.63) is 29.8 Å². The third-order valence-electron chi connectivity index (χ3n) is 3.47.